The van der Waals surface area contributed by atoms with Crippen LogP contribution in [0.3, 0.4) is 0 Å². The van der Waals surface area contributed by atoms with Gasteiger partial charge in [-0.1, -0.05) is 37.3 Å². The summed E-state index contributed by atoms with van der Waals surface area (Å²) in [6, 6.07) is 9.14. The molecule has 0 heterocycles. The van der Waals surface area contributed by atoms with Crippen LogP contribution in [0.25, 0.3) is 0 Å². The fourth-order valence-electron chi connectivity index (χ4n) is 1.54. The van der Waals surface area contributed by atoms with Gasteiger partial charge < -0.3 is 10.5 Å². The topological polar surface area (TPSA) is 78.2 Å². The number of carbonyl (C=O) groups is 2. The SMILES string of the molecule is C[C@H](C(=N)C(=O)C(C)(C)C(=O)O)c1ccccc1. The van der Waals surface area contributed by atoms with Crippen molar-refractivity contribution in [2.45, 2.75) is 26.7 Å². The number of hydrogen-bond donors (Lipinski definition) is 2. The van der Waals surface area contributed by atoms with Crippen molar-refractivity contribution in [3.63, 3.8) is 0 Å². The Balaban J connectivity index is 2.96. The molecule has 2 N–H and O–H groups in total. The molecule has 18 heavy (non-hydrogen) atoms. The number of aliphatic carboxylic acids is 1. The maximum absolute atomic E-state index is 12.0. The van der Waals surface area contributed by atoms with Gasteiger partial charge in [-0.15, -0.1) is 0 Å². The number of ketones is 1. The van der Waals surface area contributed by atoms with E-state index in [9.17, 15) is 9.59 Å². The van der Waals surface area contributed by atoms with Gasteiger partial charge in [-0.05, 0) is 19.4 Å². The van der Waals surface area contributed by atoms with Crippen LogP contribution >= 0.6 is 0 Å². The predicted octanol–water partition coefficient (Wildman–Crippen LogP) is 2.49. The van der Waals surface area contributed by atoms with Crippen molar-refractivity contribution in [3.8, 4) is 0 Å². The van der Waals surface area contributed by atoms with Crippen molar-refractivity contribution in [3.05, 3.63) is 35.9 Å². The van der Waals surface area contributed by atoms with Gasteiger partial charge in [0.2, 0.25) is 0 Å². The molecule has 1 aromatic rings. The van der Waals surface area contributed by atoms with Gasteiger partial charge in [0.15, 0.2) is 5.78 Å². The van der Waals surface area contributed by atoms with Gasteiger partial charge in [-0.25, -0.2) is 0 Å². The summed E-state index contributed by atoms with van der Waals surface area (Å²) in [6.45, 7) is 4.38. The maximum atomic E-state index is 12.0. The Hall–Kier alpha value is -1.97. The molecule has 0 spiro atoms. The Kier molecular flexibility index (Phi) is 4.01. The van der Waals surface area contributed by atoms with Crippen LogP contribution in [-0.4, -0.2) is 22.6 Å². The number of carboxylic acids is 1. The number of hydrogen-bond acceptors (Lipinski definition) is 3. The molecule has 0 saturated heterocycles. The number of rotatable bonds is 5. The van der Waals surface area contributed by atoms with Crippen molar-refractivity contribution in [2.75, 3.05) is 0 Å². The Labute approximate surface area is 106 Å². The predicted molar refractivity (Wildman–Crippen MR) is 69.0 cm³/mol. The lowest BCUT2D eigenvalue weighted by molar-refractivity contribution is -0.150. The van der Waals surface area contributed by atoms with E-state index in [1.165, 1.54) is 13.8 Å². The highest BCUT2D eigenvalue weighted by molar-refractivity contribution is 6.45. The van der Waals surface area contributed by atoms with Gasteiger partial charge in [0.05, 0.1) is 5.71 Å². The average molecular weight is 247 g/mol. The number of carbonyl (C=O) groups excluding carboxylic acids is 1. The summed E-state index contributed by atoms with van der Waals surface area (Å²) in [4.78, 5) is 23.0. The molecule has 1 aromatic carbocycles. The molecule has 1 atom stereocenters. The van der Waals surface area contributed by atoms with Gasteiger partial charge in [0, 0.05) is 5.92 Å². The second-order valence-electron chi connectivity index (χ2n) is 4.81. The Bertz CT molecular complexity index is 477. The van der Waals surface area contributed by atoms with Crippen LogP contribution in [0.2, 0.25) is 0 Å². The summed E-state index contributed by atoms with van der Waals surface area (Å²) in [5.41, 5.74) is -0.897. The minimum atomic E-state index is -1.56. The fraction of sp³-hybridized carbons (Fsp3) is 0.357. The van der Waals surface area contributed by atoms with Gasteiger partial charge in [0.1, 0.15) is 5.41 Å². The number of Topliss-reactive ketones (excluding diaryl/α,β-unsaturated/α-hetero) is 1. The molecule has 0 bridgehead atoms. The summed E-state index contributed by atoms with van der Waals surface area (Å²) in [7, 11) is 0. The smallest absolute Gasteiger partial charge is 0.317 e. The third-order valence-corrected chi connectivity index (χ3v) is 3.08. The monoisotopic (exact) mass is 247 g/mol. The van der Waals surface area contributed by atoms with Gasteiger partial charge in [-0.3, -0.25) is 9.59 Å². The van der Waals surface area contributed by atoms with Crippen LogP contribution in [0.5, 0.6) is 0 Å². The second kappa shape index (κ2) is 5.12. The normalized spacial score (nSPS) is 12.8. The van der Waals surface area contributed by atoms with E-state index in [1.807, 2.05) is 30.3 Å². The van der Waals surface area contributed by atoms with E-state index in [-0.39, 0.29) is 5.71 Å². The molecule has 0 aliphatic rings. The summed E-state index contributed by atoms with van der Waals surface area (Å²) in [5.74, 6) is -2.26. The summed E-state index contributed by atoms with van der Waals surface area (Å²) >= 11 is 0. The molecule has 0 amide bonds. The zero-order valence-electron chi connectivity index (χ0n) is 10.7. The quantitative estimate of drug-likeness (QED) is 0.619. The lowest BCUT2D eigenvalue weighted by Gasteiger charge is -2.21. The molecule has 96 valence electrons. The fourth-order valence-corrected chi connectivity index (χ4v) is 1.54. The molecule has 0 aromatic heterocycles. The Morgan fingerprint density at radius 1 is 1.22 bits per heavy atom. The molecule has 4 heteroatoms. The van der Waals surface area contributed by atoms with E-state index < -0.39 is 23.1 Å². The van der Waals surface area contributed by atoms with Crippen LogP contribution < -0.4 is 0 Å². The van der Waals surface area contributed by atoms with E-state index >= 15 is 0 Å². The molecule has 0 unspecified atom stereocenters. The van der Waals surface area contributed by atoms with Crippen molar-refractivity contribution >= 4 is 17.5 Å². The molecular weight excluding hydrogens is 230 g/mol. The first-order valence-corrected chi connectivity index (χ1v) is 5.70. The largest absolute Gasteiger partial charge is 0.481 e. The third-order valence-electron chi connectivity index (χ3n) is 3.08. The first-order valence-electron chi connectivity index (χ1n) is 5.70. The van der Waals surface area contributed by atoms with E-state index in [4.69, 9.17) is 10.5 Å². The average Bonchev–Trinajstić information content (AvgIpc) is 2.36. The first-order chi connectivity index (χ1) is 8.28. The van der Waals surface area contributed by atoms with Gasteiger partial charge in [-0.2, -0.15) is 0 Å². The molecular formula is C14H17NO3. The highest BCUT2D eigenvalue weighted by atomic mass is 16.4. The van der Waals surface area contributed by atoms with Crippen molar-refractivity contribution in [1.29, 1.82) is 5.41 Å². The van der Waals surface area contributed by atoms with Crippen LogP contribution in [0.15, 0.2) is 30.3 Å². The minimum Gasteiger partial charge on any atom is -0.481 e. The lowest BCUT2D eigenvalue weighted by atomic mass is 9.80. The van der Waals surface area contributed by atoms with Crippen LogP contribution in [0.4, 0.5) is 0 Å². The Morgan fingerprint density at radius 2 is 1.72 bits per heavy atom. The minimum absolute atomic E-state index is 0.173. The molecule has 0 saturated carbocycles. The molecule has 4 nitrogen and oxygen atoms in total. The number of carboxylic acid groups (broad SMARTS) is 1. The van der Waals surface area contributed by atoms with E-state index in [2.05, 4.69) is 0 Å². The third kappa shape index (κ3) is 2.64. The van der Waals surface area contributed by atoms with Crippen LogP contribution in [-0.2, 0) is 9.59 Å². The van der Waals surface area contributed by atoms with E-state index in [0.717, 1.165) is 5.56 Å². The molecule has 0 aliphatic carbocycles. The zero-order valence-corrected chi connectivity index (χ0v) is 10.7. The van der Waals surface area contributed by atoms with Gasteiger partial charge in [0.25, 0.3) is 0 Å². The Morgan fingerprint density at radius 3 is 2.17 bits per heavy atom. The van der Waals surface area contributed by atoms with E-state index in [1.54, 1.807) is 6.92 Å². The molecule has 1 rings (SSSR count). The maximum Gasteiger partial charge on any atom is 0.317 e. The van der Waals surface area contributed by atoms with Crippen molar-refractivity contribution in [1.82, 2.24) is 0 Å². The second-order valence-corrected chi connectivity index (χ2v) is 4.81. The van der Waals surface area contributed by atoms with Crippen molar-refractivity contribution < 1.29 is 14.7 Å². The molecule has 0 radical (unpaired) electrons. The van der Waals surface area contributed by atoms with Gasteiger partial charge >= 0.3 is 5.97 Å². The highest BCUT2D eigenvalue weighted by Gasteiger charge is 2.39. The lowest BCUT2D eigenvalue weighted by Crippen LogP contribution is -2.39. The summed E-state index contributed by atoms with van der Waals surface area (Å²) in [5, 5.41) is 16.9. The zero-order chi connectivity index (χ0) is 13.9. The highest BCUT2D eigenvalue weighted by Crippen LogP contribution is 2.24. The standard InChI is InChI=1S/C14H17NO3/c1-9(10-7-5-4-6-8-10)11(15)12(16)14(2,3)13(17)18/h4-9,15H,1-3H3,(H,17,18)/t9-/m0/s1. The number of nitrogens with one attached hydrogen (secondary N) is 1. The number of benzene rings is 1. The van der Waals surface area contributed by atoms with Crippen molar-refractivity contribution in [2.24, 2.45) is 5.41 Å². The summed E-state index contributed by atoms with van der Waals surface area (Å²) < 4.78 is 0. The van der Waals surface area contributed by atoms with Crippen LogP contribution in [0.1, 0.15) is 32.3 Å². The summed E-state index contributed by atoms with van der Waals surface area (Å²) in [6.07, 6.45) is 0. The molecule has 0 fully saturated rings. The first kappa shape index (κ1) is 14.1. The molecule has 0 aliphatic heterocycles. The van der Waals surface area contributed by atoms with Crippen LogP contribution in [0, 0.1) is 10.8 Å². The van der Waals surface area contributed by atoms with E-state index in [0.29, 0.717) is 0 Å².